The first-order valence-corrected chi connectivity index (χ1v) is 7.08. The molecule has 0 atom stereocenters. The molecule has 0 amide bonds. The smallest absolute Gasteiger partial charge is 0.0659 e. The summed E-state index contributed by atoms with van der Waals surface area (Å²) in [6, 6.07) is 16.1. The molecule has 108 valence electrons. The van der Waals surface area contributed by atoms with Gasteiger partial charge in [0.05, 0.1) is 16.7 Å². The topological polar surface area (TPSA) is 61.9 Å². The van der Waals surface area contributed by atoms with E-state index in [9.17, 15) is 4.91 Å². The van der Waals surface area contributed by atoms with Crippen molar-refractivity contribution in [3.8, 4) is 0 Å². The van der Waals surface area contributed by atoms with Crippen LogP contribution in [0.5, 0.6) is 0 Å². The van der Waals surface area contributed by atoms with Gasteiger partial charge >= 0.3 is 0 Å². The van der Waals surface area contributed by atoms with Crippen LogP contribution in [-0.2, 0) is 12.8 Å². The Labute approximate surface area is 123 Å². The van der Waals surface area contributed by atoms with Gasteiger partial charge < -0.3 is 5.01 Å². The van der Waals surface area contributed by atoms with Gasteiger partial charge in [-0.1, -0.05) is 36.4 Å². The Hall–Kier alpha value is -2.40. The van der Waals surface area contributed by atoms with Crippen LogP contribution in [0.3, 0.4) is 0 Å². The number of hydrazine groups is 1. The van der Waals surface area contributed by atoms with E-state index in [-0.39, 0.29) is 0 Å². The molecule has 21 heavy (non-hydrogen) atoms. The Balaban J connectivity index is 0.000000126. The summed E-state index contributed by atoms with van der Waals surface area (Å²) in [7, 11) is 0. The van der Waals surface area contributed by atoms with Gasteiger partial charge in [0, 0.05) is 13.1 Å². The first kappa shape index (κ1) is 13.6. The van der Waals surface area contributed by atoms with Gasteiger partial charge in [0.25, 0.3) is 0 Å². The van der Waals surface area contributed by atoms with Crippen LogP contribution >= 0.6 is 0 Å². The van der Waals surface area contributed by atoms with E-state index >= 15 is 0 Å². The molecule has 2 aromatic rings. The van der Waals surface area contributed by atoms with Gasteiger partial charge in [-0.15, -0.1) is 4.91 Å². The van der Waals surface area contributed by atoms with Crippen molar-refractivity contribution >= 4 is 11.4 Å². The molecule has 0 fully saturated rings. The molecule has 0 unspecified atom stereocenters. The fourth-order valence-corrected chi connectivity index (χ4v) is 2.77. The number of anilines is 2. The van der Waals surface area contributed by atoms with Gasteiger partial charge in [0.1, 0.15) is 0 Å². The van der Waals surface area contributed by atoms with Crippen molar-refractivity contribution in [3.05, 3.63) is 64.6 Å². The third-order valence-corrected chi connectivity index (χ3v) is 3.88. The first-order valence-electron chi connectivity index (χ1n) is 7.08. The number of benzene rings is 2. The normalized spacial score (nSPS) is 15.1. The van der Waals surface area contributed by atoms with Gasteiger partial charge in [-0.05, 0) is 36.1 Å². The maximum atomic E-state index is 10.2. The highest BCUT2D eigenvalue weighted by atomic mass is 16.3. The SMILES string of the molecule is NN1CCc2ccccc21.O=NN1CCc2ccccc21. The molecule has 0 aromatic heterocycles. The molecule has 2 aromatic carbocycles. The second kappa shape index (κ2) is 5.93. The summed E-state index contributed by atoms with van der Waals surface area (Å²) in [5.41, 5.74) is 4.72. The molecular formula is C16H18N4O. The second-order valence-electron chi connectivity index (χ2n) is 5.16. The lowest BCUT2D eigenvalue weighted by atomic mass is 10.2. The van der Waals surface area contributed by atoms with Crippen LogP contribution in [0.4, 0.5) is 11.4 Å². The lowest BCUT2D eigenvalue weighted by Gasteiger charge is -2.09. The summed E-state index contributed by atoms with van der Waals surface area (Å²) in [5, 5.41) is 6.21. The van der Waals surface area contributed by atoms with Crippen molar-refractivity contribution in [3.63, 3.8) is 0 Å². The lowest BCUT2D eigenvalue weighted by molar-refractivity contribution is 0.885. The highest BCUT2D eigenvalue weighted by Gasteiger charge is 2.17. The molecule has 2 heterocycles. The van der Waals surface area contributed by atoms with E-state index in [2.05, 4.69) is 23.5 Å². The highest BCUT2D eigenvalue weighted by Crippen LogP contribution is 2.27. The maximum absolute atomic E-state index is 10.2. The highest BCUT2D eigenvalue weighted by molar-refractivity contribution is 5.57. The molecule has 0 spiro atoms. The van der Waals surface area contributed by atoms with Crippen molar-refractivity contribution < 1.29 is 0 Å². The number of hydrogen-bond donors (Lipinski definition) is 1. The van der Waals surface area contributed by atoms with Crippen LogP contribution in [0.1, 0.15) is 11.1 Å². The molecule has 0 saturated carbocycles. The molecule has 4 rings (SSSR count). The summed E-state index contributed by atoms with van der Waals surface area (Å²) in [6.45, 7) is 1.68. The number of nitrogens with two attached hydrogens (primary N) is 1. The molecule has 0 saturated heterocycles. The molecule has 2 aliphatic rings. The average Bonchev–Trinajstić information content (AvgIpc) is 3.12. The van der Waals surface area contributed by atoms with Gasteiger partial charge in [-0.25, -0.2) is 10.9 Å². The number of para-hydroxylation sites is 2. The Kier molecular flexibility index (Phi) is 3.83. The lowest BCUT2D eigenvalue weighted by Crippen LogP contribution is -2.27. The van der Waals surface area contributed by atoms with E-state index in [4.69, 9.17) is 5.84 Å². The Morgan fingerprint density at radius 3 is 2.10 bits per heavy atom. The average molecular weight is 282 g/mol. The van der Waals surface area contributed by atoms with Gasteiger partial charge in [-0.3, -0.25) is 0 Å². The Bertz CT molecular complexity index is 644. The minimum absolute atomic E-state index is 0.725. The van der Waals surface area contributed by atoms with E-state index < -0.39 is 0 Å². The van der Waals surface area contributed by atoms with Crippen molar-refractivity contribution in [2.75, 3.05) is 23.1 Å². The molecule has 0 aliphatic carbocycles. The summed E-state index contributed by atoms with van der Waals surface area (Å²) in [4.78, 5) is 10.2. The van der Waals surface area contributed by atoms with Crippen molar-refractivity contribution in [2.45, 2.75) is 12.8 Å². The third kappa shape index (κ3) is 2.73. The fourth-order valence-electron chi connectivity index (χ4n) is 2.77. The maximum Gasteiger partial charge on any atom is 0.0659 e. The van der Waals surface area contributed by atoms with Crippen LogP contribution in [-0.4, -0.2) is 13.1 Å². The summed E-state index contributed by atoms with van der Waals surface area (Å²) < 4.78 is 0. The van der Waals surface area contributed by atoms with Gasteiger partial charge in [-0.2, -0.15) is 0 Å². The summed E-state index contributed by atoms with van der Waals surface area (Å²) >= 11 is 0. The van der Waals surface area contributed by atoms with Crippen LogP contribution in [0.25, 0.3) is 0 Å². The van der Waals surface area contributed by atoms with Crippen LogP contribution < -0.4 is 15.9 Å². The zero-order valence-corrected chi connectivity index (χ0v) is 11.8. The molecule has 0 bridgehead atoms. The number of nitrogens with zero attached hydrogens (tertiary/aromatic N) is 3. The van der Waals surface area contributed by atoms with E-state index in [0.29, 0.717) is 0 Å². The van der Waals surface area contributed by atoms with Crippen molar-refractivity contribution in [1.82, 2.24) is 0 Å². The fraction of sp³-hybridized carbons (Fsp3) is 0.250. The quantitative estimate of drug-likeness (QED) is 0.645. The summed E-state index contributed by atoms with van der Waals surface area (Å²) in [6.07, 6.45) is 2.02. The number of nitroso groups, excluding NO2 is 1. The van der Waals surface area contributed by atoms with Crippen molar-refractivity contribution in [2.24, 2.45) is 11.1 Å². The van der Waals surface area contributed by atoms with E-state index in [0.717, 1.165) is 31.6 Å². The first-order chi connectivity index (χ1) is 10.3. The van der Waals surface area contributed by atoms with Crippen molar-refractivity contribution in [1.29, 1.82) is 0 Å². The Morgan fingerprint density at radius 2 is 1.43 bits per heavy atom. The molecule has 2 N–H and O–H groups in total. The monoisotopic (exact) mass is 282 g/mol. The largest absolute Gasteiger partial charge is 0.310 e. The van der Waals surface area contributed by atoms with E-state index in [1.807, 2.05) is 30.3 Å². The van der Waals surface area contributed by atoms with Gasteiger partial charge in [0.15, 0.2) is 0 Å². The molecule has 5 nitrogen and oxygen atoms in total. The second-order valence-corrected chi connectivity index (χ2v) is 5.16. The zero-order chi connectivity index (χ0) is 14.7. The predicted octanol–water partition coefficient (Wildman–Crippen LogP) is 2.65. The zero-order valence-electron chi connectivity index (χ0n) is 11.8. The van der Waals surface area contributed by atoms with Crippen LogP contribution in [0, 0.1) is 4.91 Å². The van der Waals surface area contributed by atoms with Crippen LogP contribution in [0.2, 0.25) is 0 Å². The standard InChI is InChI=1S/C8H8N2O.C8H10N2/c11-9-10-6-5-7-3-1-2-4-8(7)10;9-10-6-5-7-3-1-2-4-8(7)10/h1-4H,5-6H2;1-4H,5-6,9H2. The minimum Gasteiger partial charge on any atom is -0.310 e. The number of rotatable bonds is 1. The third-order valence-electron chi connectivity index (χ3n) is 3.88. The number of hydrogen-bond acceptors (Lipinski definition) is 4. The summed E-state index contributed by atoms with van der Waals surface area (Å²) in [5.74, 6) is 5.68. The molecule has 0 radical (unpaired) electrons. The molecule has 5 heteroatoms. The van der Waals surface area contributed by atoms with Gasteiger partial charge in [0.2, 0.25) is 0 Å². The minimum atomic E-state index is 0.725. The number of fused-ring (bicyclic) bond motifs is 2. The molecular weight excluding hydrogens is 264 g/mol. The van der Waals surface area contributed by atoms with Crippen LogP contribution in [0.15, 0.2) is 53.8 Å². The van der Waals surface area contributed by atoms with E-state index in [1.165, 1.54) is 21.8 Å². The van der Waals surface area contributed by atoms with E-state index in [1.54, 1.807) is 5.01 Å². The predicted molar refractivity (Wildman–Crippen MR) is 85.0 cm³/mol. The Morgan fingerprint density at radius 1 is 0.857 bits per heavy atom. The molecule has 2 aliphatic heterocycles.